The van der Waals surface area contributed by atoms with Gasteiger partial charge in [-0.15, -0.1) is 5.10 Å². The zero-order valence-electron chi connectivity index (χ0n) is 12.2. The van der Waals surface area contributed by atoms with Gasteiger partial charge in [-0.3, -0.25) is 9.78 Å². The largest absolute Gasteiger partial charge is 0.346 e. The van der Waals surface area contributed by atoms with Gasteiger partial charge in [0, 0.05) is 6.20 Å². The number of hydrogen-bond acceptors (Lipinski definition) is 5. The van der Waals surface area contributed by atoms with Gasteiger partial charge in [0.1, 0.15) is 12.4 Å². The van der Waals surface area contributed by atoms with Crippen molar-refractivity contribution in [3.63, 3.8) is 0 Å². The minimum atomic E-state index is -0.0904. The average Bonchev–Trinajstić information content (AvgIpc) is 3.22. The van der Waals surface area contributed by atoms with E-state index in [9.17, 15) is 4.79 Å². The number of aryl methyl sites for hydroxylation is 2. The molecule has 1 amide bonds. The maximum atomic E-state index is 12.2. The van der Waals surface area contributed by atoms with E-state index in [-0.39, 0.29) is 18.5 Å². The molecule has 2 aromatic rings. The van der Waals surface area contributed by atoms with Crippen molar-refractivity contribution < 1.29 is 4.79 Å². The lowest BCUT2D eigenvalue weighted by atomic mass is 10.0. The van der Waals surface area contributed by atoms with Gasteiger partial charge in [0.2, 0.25) is 5.91 Å². The molecule has 2 heterocycles. The van der Waals surface area contributed by atoms with Gasteiger partial charge in [-0.05, 0) is 54.7 Å². The first-order chi connectivity index (χ1) is 10.1. The smallest absolute Gasteiger partial charge is 0.242 e. The van der Waals surface area contributed by atoms with Crippen molar-refractivity contribution in [2.75, 3.05) is 0 Å². The summed E-state index contributed by atoms with van der Waals surface area (Å²) in [7, 11) is 0. The SMILES string of the molecule is Cc1cccnc1[C@H](NC(=O)Cn1nnnc1C)C1CC1. The van der Waals surface area contributed by atoms with Gasteiger partial charge in [-0.25, -0.2) is 4.68 Å². The Morgan fingerprint density at radius 1 is 1.48 bits per heavy atom. The normalized spacial score (nSPS) is 15.7. The van der Waals surface area contributed by atoms with Crippen LogP contribution < -0.4 is 5.32 Å². The average molecular weight is 286 g/mol. The summed E-state index contributed by atoms with van der Waals surface area (Å²) >= 11 is 0. The lowest BCUT2D eigenvalue weighted by Gasteiger charge is -2.19. The molecular formula is C14H18N6O. The van der Waals surface area contributed by atoms with Gasteiger partial charge in [0.15, 0.2) is 0 Å². The molecule has 21 heavy (non-hydrogen) atoms. The highest BCUT2D eigenvalue weighted by atomic mass is 16.2. The van der Waals surface area contributed by atoms with Crippen molar-refractivity contribution in [2.45, 2.75) is 39.3 Å². The highest BCUT2D eigenvalue weighted by Crippen LogP contribution is 2.41. The summed E-state index contributed by atoms with van der Waals surface area (Å²) in [5.74, 6) is 1.02. The van der Waals surface area contributed by atoms with E-state index in [0.717, 1.165) is 24.1 Å². The van der Waals surface area contributed by atoms with Crippen LogP contribution in [-0.2, 0) is 11.3 Å². The molecule has 0 unspecified atom stereocenters. The predicted octanol–water partition coefficient (Wildman–Crippen LogP) is 0.952. The maximum absolute atomic E-state index is 12.2. The number of amides is 1. The molecule has 0 aromatic carbocycles. The number of nitrogens with zero attached hydrogens (tertiary/aromatic N) is 5. The zero-order valence-corrected chi connectivity index (χ0v) is 12.2. The third-order valence-corrected chi connectivity index (χ3v) is 3.76. The van der Waals surface area contributed by atoms with Gasteiger partial charge in [-0.1, -0.05) is 6.07 Å². The molecule has 1 aliphatic carbocycles. The molecule has 0 aliphatic heterocycles. The summed E-state index contributed by atoms with van der Waals surface area (Å²) in [6, 6.07) is 3.92. The Kier molecular flexibility index (Phi) is 3.64. The fraction of sp³-hybridized carbons (Fsp3) is 0.500. The van der Waals surface area contributed by atoms with Gasteiger partial charge in [0.25, 0.3) is 0 Å². The van der Waals surface area contributed by atoms with Crippen molar-refractivity contribution in [3.8, 4) is 0 Å². The fourth-order valence-electron chi connectivity index (χ4n) is 2.41. The van der Waals surface area contributed by atoms with E-state index in [1.807, 2.05) is 19.1 Å². The van der Waals surface area contributed by atoms with Crippen LogP contribution in [0.15, 0.2) is 18.3 Å². The van der Waals surface area contributed by atoms with Crippen LogP contribution in [0.5, 0.6) is 0 Å². The maximum Gasteiger partial charge on any atom is 0.242 e. The number of rotatable bonds is 5. The third kappa shape index (κ3) is 3.07. The molecule has 0 saturated heterocycles. The predicted molar refractivity (Wildman–Crippen MR) is 75.1 cm³/mol. The Bertz CT molecular complexity index is 648. The quantitative estimate of drug-likeness (QED) is 0.884. The van der Waals surface area contributed by atoms with Gasteiger partial charge >= 0.3 is 0 Å². The Morgan fingerprint density at radius 3 is 2.90 bits per heavy atom. The number of hydrogen-bond donors (Lipinski definition) is 1. The lowest BCUT2D eigenvalue weighted by Crippen LogP contribution is -2.34. The second kappa shape index (κ2) is 5.59. The number of carbonyl (C=O) groups excluding carboxylic acids is 1. The molecule has 1 aliphatic rings. The summed E-state index contributed by atoms with van der Waals surface area (Å²) < 4.78 is 1.49. The van der Waals surface area contributed by atoms with Crippen molar-refractivity contribution >= 4 is 5.91 Å². The summed E-state index contributed by atoms with van der Waals surface area (Å²) in [5.41, 5.74) is 2.06. The number of tetrazole rings is 1. The molecule has 110 valence electrons. The van der Waals surface area contributed by atoms with Crippen LogP contribution in [0, 0.1) is 19.8 Å². The van der Waals surface area contributed by atoms with Crippen LogP contribution in [-0.4, -0.2) is 31.1 Å². The molecule has 3 rings (SSSR count). The highest BCUT2D eigenvalue weighted by molar-refractivity contribution is 5.76. The van der Waals surface area contributed by atoms with Crippen molar-refractivity contribution in [2.24, 2.45) is 5.92 Å². The van der Waals surface area contributed by atoms with E-state index in [1.54, 1.807) is 13.1 Å². The Morgan fingerprint density at radius 2 is 2.29 bits per heavy atom. The molecule has 1 saturated carbocycles. The van der Waals surface area contributed by atoms with Crippen molar-refractivity contribution in [1.29, 1.82) is 0 Å². The molecule has 2 aromatic heterocycles. The number of pyridine rings is 1. The second-order valence-corrected chi connectivity index (χ2v) is 5.47. The molecule has 1 fully saturated rings. The van der Waals surface area contributed by atoms with Crippen LogP contribution in [0.2, 0.25) is 0 Å². The van der Waals surface area contributed by atoms with Crippen LogP contribution in [0.3, 0.4) is 0 Å². The number of nitrogens with one attached hydrogen (secondary N) is 1. The van der Waals surface area contributed by atoms with E-state index in [4.69, 9.17) is 0 Å². The first-order valence-electron chi connectivity index (χ1n) is 7.09. The van der Waals surface area contributed by atoms with Gasteiger partial charge < -0.3 is 5.32 Å². The van der Waals surface area contributed by atoms with Crippen LogP contribution in [0.1, 0.15) is 36.0 Å². The molecule has 0 radical (unpaired) electrons. The highest BCUT2D eigenvalue weighted by Gasteiger charge is 2.35. The number of carbonyl (C=O) groups is 1. The van der Waals surface area contributed by atoms with Gasteiger partial charge in [0.05, 0.1) is 11.7 Å². The number of aromatic nitrogens is 5. The van der Waals surface area contributed by atoms with E-state index in [2.05, 4.69) is 25.8 Å². The van der Waals surface area contributed by atoms with Crippen molar-refractivity contribution in [1.82, 2.24) is 30.5 Å². The second-order valence-electron chi connectivity index (χ2n) is 5.47. The van der Waals surface area contributed by atoms with Gasteiger partial charge in [-0.2, -0.15) is 0 Å². The van der Waals surface area contributed by atoms with E-state index >= 15 is 0 Å². The zero-order chi connectivity index (χ0) is 14.8. The standard InChI is InChI=1S/C14H18N6O/c1-9-4-3-7-15-13(9)14(11-5-6-11)16-12(21)8-20-10(2)17-18-19-20/h3-4,7,11,14H,5-6,8H2,1-2H3,(H,16,21)/t14-/m1/s1. The van der Waals surface area contributed by atoms with Crippen LogP contribution in [0.4, 0.5) is 0 Å². The topological polar surface area (TPSA) is 85.6 Å². The Hall–Kier alpha value is -2.31. The molecule has 0 bridgehead atoms. The molecule has 1 N–H and O–H groups in total. The Labute approximate surface area is 122 Å². The minimum absolute atomic E-state index is 0.0181. The molecule has 1 atom stereocenters. The van der Waals surface area contributed by atoms with E-state index < -0.39 is 0 Å². The molecule has 7 nitrogen and oxygen atoms in total. The Balaban J connectivity index is 1.73. The molecular weight excluding hydrogens is 268 g/mol. The third-order valence-electron chi connectivity index (χ3n) is 3.76. The summed E-state index contributed by atoms with van der Waals surface area (Å²) in [6.07, 6.45) is 4.03. The fourth-order valence-corrected chi connectivity index (χ4v) is 2.41. The summed E-state index contributed by atoms with van der Waals surface area (Å²) in [4.78, 5) is 16.7. The molecule has 0 spiro atoms. The first-order valence-corrected chi connectivity index (χ1v) is 7.09. The van der Waals surface area contributed by atoms with Crippen molar-refractivity contribution in [3.05, 3.63) is 35.4 Å². The van der Waals surface area contributed by atoms with Crippen LogP contribution >= 0.6 is 0 Å². The van der Waals surface area contributed by atoms with E-state index in [0.29, 0.717) is 11.7 Å². The monoisotopic (exact) mass is 286 g/mol. The lowest BCUT2D eigenvalue weighted by molar-refractivity contribution is -0.122. The minimum Gasteiger partial charge on any atom is -0.346 e. The van der Waals surface area contributed by atoms with Crippen LogP contribution in [0.25, 0.3) is 0 Å². The molecule has 7 heteroatoms. The summed E-state index contributed by atoms with van der Waals surface area (Å²) in [6.45, 7) is 3.93. The van der Waals surface area contributed by atoms with E-state index in [1.165, 1.54) is 4.68 Å². The summed E-state index contributed by atoms with van der Waals surface area (Å²) in [5, 5.41) is 14.2. The first kappa shape index (κ1) is 13.7.